The van der Waals surface area contributed by atoms with Gasteiger partial charge in [0.1, 0.15) is 0 Å². The van der Waals surface area contributed by atoms with Crippen molar-refractivity contribution in [2.24, 2.45) is 0 Å². The lowest BCUT2D eigenvalue weighted by Gasteiger charge is -2.23. The summed E-state index contributed by atoms with van der Waals surface area (Å²) in [6.45, 7) is 2.84. The van der Waals surface area contributed by atoms with E-state index in [0.29, 0.717) is 37.4 Å². The fourth-order valence-corrected chi connectivity index (χ4v) is 4.40. The first kappa shape index (κ1) is 22.8. The van der Waals surface area contributed by atoms with Gasteiger partial charge in [-0.25, -0.2) is 8.42 Å². The molecule has 1 fully saturated rings. The van der Waals surface area contributed by atoms with Crippen LogP contribution in [0.5, 0.6) is 0 Å². The molecule has 1 saturated heterocycles. The highest BCUT2D eigenvalue weighted by molar-refractivity contribution is 7.92. The summed E-state index contributed by atoms with van der Waals surface area (Å²) in [5.74, 6) is -0.0959. The highest BCUT2D eigenvalue weighted by Gasteiger charge is 2.22. The summed E-state index contributed by atoms with van der Waals surface area (Å²) in [6.07, 6.45) is 0.778. The number of anilines is 1. The zero-order valence-corrected chi connectivity index (χ0v) is 18.6. The number of para-hydroxylation sites is 1. The first-order valence-electron chi connectivity index (χ1n) is 10.2. The molecule has 31 heavy (non-hydrogen) atoms. The fraction of sp³-hybridized carbons (Fsp3) is 0.364. The number of nitrogens with one attached hydrogen (secondary N) is 1. The highest BCUT2D eigenvalue weighted by Crippen LogP contribution is 2.17. The predicted octanol–water partition coefficient (Wildman–Crippen LogP) is 1.72. The Bertz CT molecular complexity index is 1010. The van der Waals surface area contributed by atoms with E-state index in [1.54, 1.807) is 66.4 Å². The average Bonchev–Trinajstić information content (AvgIpc) is 2.99. The molecule has 0 aliphatic carbocycles. The van der Waals surface area contributed by atoms with E-state index in [4.69, 9.17) is 0 Å². The van der Waals surface area contributed by atoms with Crippen molar-refractivity contribution in [3.63, 3.8) is 0 Å². The Morgan fingerprint density at radius 1 is 0.935 bits per heavy atom. The lowest BCUT2D eigenvalue weighted by molar-refractivity contribution is -0.129. The Morgan fingerprint density at radius 2 is 1.61 bits per heavy atom. The molecule has 2 amide bonds. The van der Waals surface area contributed by atoms with Crippen LogP contribution in [0.2, 0.25) is 0 Å². The first-order valence-corrected chi connectivity index (χ1v) is 11.6. The maximum Gasteiger partial charge on any atom is 0.261 e. The average molecular weight is 445 g/mol. The molecule has 1 aliphatic heterocycles. The van der Waals surface area contributed by atoms with Crippen LogP contribution in [-0.4, -0.2) is 81.8 Å². The van der Waals surface area contributed by atoms with Crippen LogP contribution < -0.4 is 4.72 Å². The minimum Gasteiger partial charge on any atom is -0.348 e. The van der Waals surface area contributed by atoms with Crippen molar-refractivity contribution in [1.82, 2.24) is 14.7 Å². The number of benzene rings is 2. The summed E-state index contributed by atoms with van der Waals surface area (Å²) < 4.78 is 27.6. The zero-order chi connectivity index (χ0) is 22.4. The fourth-order valence-electron chi connectivity index (χ4n) is 3.34. The van der Waals surface area contributed by atoms with E-state index < -0.39 is 10.0 Å². The molecule has 8 nitrogen and oxygen atoms in total. The Hall–Kier alpha value is -2.91. The van der Waals surface area contributed by atoms with Crippen molar-refractivity contribution in [1.29, 1.82) is 0 Å². The number of hydrogen-bond acceptors (Lipinski definition) is 5. The molecule has 0 unspecified atom stereocenters. The molecule has 3 rings (SSSR count). The molecule has 0 saturated carbocycles. The van der Waals surface area contributed by atoms with Crippen LogP contribution in [0.4, 0.5) is 5.69 Å². The van der Waals surface area contributed by atoms with Crippen LogP contribution in [0.25, 0.3) is 0 Å². The van der Waals surface area contributed by atoms with Gasteiger partial charge in [0.05, 0.1) is 11.4 Å². The minimum absolute atomic E-state index is 0.0423. The predicted molar refractivity (Wildman–Crippen MR) is 119 cm³/mol. The smallest absolute Gasteiger partial charge is 0.261 e. The van der Waals surface area contributed by atoms with Gasteiger partial charge in [0.2, 0.25) is 5.91 Å². The van der Waals surface area contributed by atoms with Gasteiger partial charge in [-0.3, -0.25) is 19.2 Å². The maximum atomic E-state index is 12.9. The lowest BCUT2D eigenvalue weighted by Crippen LogP contribution is -2.39. The van der Waals surface area contributed by atoms with Crippen molar-refractivity contribution in [3.8, 4) is 0 Å². The topological polar surface area (TPSA) is 90.0 Å². The number of sulfonamides is 1. The van der Waals surface area contributed by atoms with Gasteiger partial charge in [0.15, 0.2) is 0 Å². The molecular weight excluding hydrogens is 416 g/mol. The summed E-state index contributed by atoms with van der Waals surface area (Å²) in [5, 5.41) is 0. The number of likely N-dealkylation sites (N-methyl/N-ethyl adjacent to an activating group) is 1. The zero-order valence-electron chi connectivity index (χ0n) is 17.8. The van der Waals surface area contributed by atoms with Gasteiger partial charge in [-0.2, -0.15) is 0 Å². The molecule has 166 valence electrons. The van der Waals surface area contributed by atoms with E-state index in [0.717, 1.165) is 13.0 Å². The maximum absolute atomic E-state index is 12.9. The Labute approximate surface area is 183 Å². The van der Waals surface area contributed by atoms with E-state index in [1.165, 1.54) is 12.1 Å². The SMILES string of the molecule is CN(C)C(=O)CN1CCCN(C(=O)c2ccc(S(=O)(=O)Nc3ccccc3)cc2)CC1. The number of hydrogen-bond donors (Lipinski definition) is 1. The van der Waals surface area contributed by atoms with E-state index >= 15 is 0 Å². The normalized spacial score (nSPS) is 15.2. The molecule has 0 atom stereocenters. The second kappa shape index (κ2) is 9.93. The molecule has 2 aromatic rings. The number of nitrogens with zero attached hydrogens (tertiary/aromatic N) is 3. The van der Waals surface area contributed by atoms with Crippen LogP contribution in [0.1, 0.15) is 16.8 Å². The van der Waals surface area contributed by atoms with Crippen LogP contribution in [0.15, 0.2) is 59.5 Å². The molecule has 0 aromatic heterocycles. The summed E-state index contributed by atoms with van der Waals surface area (Å²) in [7, 11) is -0.267. The van der Waals surface area contributed by atoms with Crippen LogP contribution in [-0.2, 0) is 14.8 Å². The molecule has 1 aliphatic rings. The second-order valence-electron chi connectivity index (χ2n) is 7.71. The van der Waals surface area contributed by atoms with Crippen molar-refractivity contribution < 1.29 is 18.0 Å². The molecule has 0 spiro atoms. The van der Waals surface area contributed by atoms with Gasteiger partial charge in [0.25, 0.3) is 15.9 Å². The quantitative estimate of drug-likeness (QED) is 0.733. The molecule has 1 N–H and O–H groups in total. The number of amides is 2. The summed E-state index contributed by atoms with van der Waals surface area (Å²) in [5.41, 5.74) is 0.918. The standard InChI is InChI=1S/C22H28N4O4S/c1-24(2)21(27)17-25-13-6-14-26(16-15-25)22(28)18-9-11-20(12-10-18)31(29,30)23-19-7-4-3-5-8-19/h3-5,7-12,23H,6,13-17H2,1-2H3. The van der Waals surface area contributed by atoms with E-state index in [9.17, 15) is 18.0 Å². The van der Waals surface area contributed by atoms with Crippen molar-refractivity contribution >= 4 is 27.5 Å². The van der Waals surface area contributed by atoms with Crippen molar-refractivity contribution in [2.75, 3.05) is 51.5 Å². The third kappa shape index (κ3) is 6.05. The van der Waals surface area contributed by atoms with Gasteiger partial charge < -0.3 is 9.80 Å². The number of rotatable bonds is 6. The van der Waals surface area contributed by atoms with Crippen LogP contribution >= 0.6 is 0 Å². The lowest BCUT2D eigenvalue weighted by atomic mass is 10.2. The van der Waals surface area contributed by atoms with E-state index in [2.05, 4.69) is 9.62 Å². The monoisotopic (exact) mass is 444 g/mol. The minimum atomic E-state index is -3.73. The van der Waals surface area contributed by atoms with Crippen LogP contribution in [0.3, 0.4) is 0 Å². The molecular formula is C22H28N4O4S. The Kier molecular flexibility index (Phi) is 7.29. The van der Waals surface area contributed by atoms with E-state index in [1.807, 2.05) is 0 Å². The van der Waals surface area contributed by atoms with Gasteiger partial charge in [-0.15, -0.1) is 0 Å². The van der Waals surface area contributed by atoms with Crippen molar-refractivity contribution in [2.45, 2.75) is 11.3 Å². The van der Waals surface area contributed by atoms with Gasteiger partial charge >= 0.3 is 0 Å². The molecule has 1 heterocycles. The number of carbonyl (C=O) groups excluding carboxylic acids is 2. The van der Waals surface area contributed by atoms with Crippen LogP contribution in [0, 0.1) is 0 Å². The number of carbonyl (C=O) groups is 2. The Morgan fingerprint density at radius 3 is 2.26 bits per heavy atom. The summed E-state index contributed by atoms with van der Waals surface area (Å²) >= 11 is 0. The molecule has 0 radical (unpaired) electrons. The van der Waals surface area contributed by atoms with E-state index in [-0.39, 0.29) is 16.7 Å². The molecule has 0 bridgehead atoms. The molecule has 2 aromatic carbocycles. The highest BCUT2D eigenvalue weighted by atomic mass is 32.2. The first-order chi connectivity index (χ1) is 14.8. The second-order valence-corrected chi connectivity index (χ2v) is 9.39. The van der Waals surface area contributed by atoms with Gasteiger partial charge in [0, 0.05) is 51.5 Å². The van der Waals surface area contributed by atoms with Crippen molar-refractivity contribution in [3.05, 3.63) is 60.2 Å². The third-order valence-electron chi connectivity index (χ3n) is 5.17. The Balaban J connectivity index is 1.63. The summed E-state index contributed by atoms with van der Waals surface area (Å²) in [6, 6.07) is 14.6. The molecule has 9 heteroatoms. The largest absolute Gasteiger partial charge is 0.348 e. The van der Waals surface area contributed by atoms with Gasteiger partial charge in [-0.05, 0) is 42.8 Å². The summed E-state index contributed by atoms with van der Waals surface area (Å²) in [4.78, 5) is 30.3. The third-order valence-corrected chi connectivity index (χ3v) is 6.57. The van der Waals surface area contributed by atoms with Gasteiger partial charge in [-0.1, -0.05) is 18.2 Å².